The predicted octanol–water partition coefficient (Wildman–Crippen LogP) is 0.540. The quantitative estimate of drug-likeness (QED) is 0.794. The number of carbonyl (C=O) groups excluding carboxylic acids is 1. The lowest BCUT2D eigenvalue weighted by atomic mass is 10.1. The smallest absolute Gasteiger partial charge is 0.243 e. The summed E-state index contributed by atoms with van der Waals surface area (Å²) in [5.74, 6) is -0.317. The molecule has 0 bridgehead atoms. The van der Waals surface area contributed by atoms with Crippen molar-refractivity contribution in [3.8, 4) is 0 Å². The Morgan fingerprint density at radius 2 is 1.83 bits per heavy atom. The normalized spacial score (nSPS) is 18.0. The van der Waals surface area contributed by atoms with Gasteiger partial charge in [-0.3, -0.25) is 4.79 Å². The Morgan fingerprint density at radius 1 is 1.33 bits per heavy atom. The number of carbonyl (C=O) groups is 1. The molecule has 0 atom stereocenters. The van der Waals surface area contributed by atoms with E-state index in [1.165, 1.54) is 13.8 Å². The number of sulfone groups is 1. The van der Waals surface area contributed by atoms with E-state index in [1.54, 1.807) is 4.90 Å². The predicted molar refractivity (Wildman–Crippen MR) is 71.9 cm³/mol. The molecule has 1 saturated carbocycles. The third kappa shape index (κ3) is 3.03. The molecule has 0 saturated heterocycles. The highest BCUT2D eigenvalue weighted by atomic mass is 32.2. The molecule has 0 unspecified atom stereocenters. The van der Waals surface area contributed by atoms with Crippen molar-refractivity contribution in [1.29, 1.82) is 0 Å². The first-order valence-electron chi connectivity index (χ1n) is 6.42. The molecule has 5 nitrogen and oxygen atoms in total. The highest BCUT2D eigenvalue weighted by Gasteiger charge is 2.43. The third-order valence-corrected chi connectivity index (χ3v) is 5.87. The Balaban J connectivity index is 2.95. The van der Waals surface area contributed by atoms with Crippen LogP contribution in [0.2, 0.25) is 0 Å². The van der Waals surface area contributed by atoms with Crippen molar-refractivity contribution < 1.29 is 13.2 Å². The van der Waals surface area contributed by atoms with Crippen molar-refractivity contribution in [2.75, 3.05) is 19.3 Å². The van der Waals surface area contributed by atoms with Crippen LogP contribution in [-0.4, -0.2) is 49.4 Å². The summed E-state index contributed by atoms with van der Waals surface area (Å²) in [4.78, 5) is 14.2. The maximum absolute atomic E-state index is 12.5. The monoisotopic (exact) mass is 276 g/mol. The van der Waals surface area contributed by atoms with Gasteiger partial charge in [-0.2, -0.15) is 0 Å². The lowest BCUT2D eigenvalue weighted by Crippen LogP contribution is -2.53. The van der Waals surface area contributed by atoms with Gasteiger partial charge >= 0.3 is 0 Å². The average molecular weight is 276 g/mol. The minimum atomic E-state index is -3.43. The summed E-state index contributed by atoms with van der Waals surface area (Å²) in [6.45, 7) is 3.75. The maximum atomic E-state index is 12.5. The van der Waals surface area contributed by atoms with E-state index >= 15 is 0 Å². The lowest BCUT2D eigenvalue weighted by molar-refractivity contribution is -0.135. The van der Waals surface area contributed by atoms with Crippen LogP contribution in [0.1, 0.15) is 39.5 Å². The molecule has 2 N–H and O–H groups in total. The van der Waals surface area contributed by atoms with Crippen LogP contribution in [0, 0.1) is 0 Å². The van der Waals surface area contributed by atoms with E-state index in [0.717, 1.165) is 31.9 Å². The van der Waals surface area contributed by atoms with E-state index in [1.807, 2.05) is 0 Å². The van der Waals surface area contributed by atoms with E-state index in [9.17, 15) is 13.2 Å². The number of hydrogen-bond donors (Lipinski definition) is 1. The first kappa shape index (κ1) is 15.4. The Morgan fingerprint density at radius 3 is 2.22 bits per heavy atom. The molecule has 0 aromatic carbocycles. The minimum Gasteiger partial charge on any atom is -0.337 e. The molecular weight excluding hydrogens is 252 g/mol. The van der Waals surface area contributed by atoms with Crippen molar-refractivity contribution in [2.45, 2.75) is 50.3 Å². The third-order valence-electron chi connectivity index (χ3n) is 3.84. The maximum Gasteiger partial charge on any atom is 0.243 e. The number of amides is 1. The highest BCUT2D eigenvalue weighted by molar-refractivity contribution is 7.92. The molecule has 0 aromatic heterocycles. The molecule has 6 heteroatoms. The van der Waals surface area contributed by atoms with Crippen LogP contribution in [0.5, 0.6) is 0 Å². The second-order valence-corrected chi connectivity index (χ2v) is 8.07. The van der Waals surface area contributed by atoms with Gasteiger partial charge in [-0.15, -0.1) is 0 Å². The summed E-state index contributed by atoms with van der Waals surface area (Å²) in [5, 5.41) is 0. The lowest BCUT2D eigenvalue weighted by Gasteiger charge is -2.34. The van der Waals surface area contributed by atoms with E-state index in [2.05, 4.69) is 0 Å². The molecule has 1 fully saturated rings. The van der Waals surface area contributed by atoms with Crippen molar-refractivity contribution in [3.05, 3.63) is 0 Å². The van der Waals surface area contributed by atoms with Crippen molar-refractivity contribution in [1.82, 2.24) is 4.90 Å². The summed E-state index contributed by atoms with van der Waals surface area (Å²) < 4.78 is 22.1. The molecule has 106 valence electrons. The van der Waals surface area contributed by atoms with Gasteiger partial charge in [0.05, 0.1) is 0 Å². The van der Waals surface area contributed by atoms with E-state index in [-0.39, 0.29) is 11.9 Å². The van der Waals surface area contributed by atoms with Gasteiger partial charge in [0.25, 0.3) is 0 Å². The SMILES string of the molecule is CC(C)(C(=O)N(CCN)C1CCCC1)S(C)(=O)=O. The van der Waals surface area contributed by atoms with Gasteiger partial charge in [0.1, 0.15) is 4.75 Å². The molecule has 1 rings (SSSR count). The van der Waals surface area contributed by atoms with Crippen molar-refractivity contribution >= 4 is 15.7 Å². The van der Waals surface area contributed by atoms with Gasteiger partial charge in [0, 0.05) is 25.4 Å². The number of rotatable bonds is 5. The van der Waals surface area contributed by atoms with Crippen LogP contribution in [-0.2, 0) is 14.6 Å². The van der Waals surface area contributed by atoms with Crippen molar-refractivity contribution in [2.24, 2.45) is 5.73 Å². The molecule has 0 radical (unpaired) electrons. The largest absolute Gasteiger partial charge is 0.337 e. The zero-order valence-corrected chi connectivity index (χ0v) is 12.3. The fraction of sp³-hybridized carbons (Fsp3) is 0.917. The van der Waals surface area contributed by atoms with E-state index in [0.29, 0.717) is 13.1 Å². The molecule has 18 heavy (non-hydrogen) atoms. The second kappa shape index (κ2) is 5.57. The number of nitrogens with two attached hydrogens (primary N) is 1. The van der Waals surface area contributed by atoms with Gasteiger partial charge < -0.3 is 10.6 Å². The second-order valence-electron chi connectivity index (χ2n) is 5.51. The Hall–Kier alpha value is -0.620. The molecule has 0 aliphatic heterocycles. The van der Waals surface area contributed by atoms with Crippen LogP contribution in [0.4, 0.5) is 0 Å². The van der Waals surface area contributed by atoms with Gasteiger partial charge in [-0.05, 0) is 26.7 Å². The zero-order chi connectivity index (χ0) is 14.0. The fourth-order valence-corrected chi connectivity index (χ4v) is 2.74. The molecule has 0 aromatic rings. The summed E-state index contributed by atoms with van der Waals surface area (Å²) in [5.41, 5.74) is 5.54. The van der Waals surface area contributed by atoms with Gasteiger partial charge in [0.2, 0.25) is 5.91 Å². The van der Waals surface area contributed by atoms with Gasteiger partial charge in [0.15, 0.2) is 9.84 Å². The zero-order valence-electron chi connectivity index (χ0n) is 11.5. The molecule has 0 spiro atoms. The Bertz CT molecular complexity index is 398. The Kier molecular flexibility index (Phi) is 4.78. The molecule has 1 aliphatic carbocycles. The standard InChI is InChI=1S/C12H24N2O3S/c1-12(2,18(3,16)17)11(15)14(9-8-13)10-6-4-5-7-10/h10H,4-9,13H2,1-3H3. The van der Waals surface area contributed by atoms with Crippen LogP contribution in [0.3, 0.4) is 0 Å². The van der Waals surface area contributed by atoms with Crippen LogP contribution < -0.4 is 5.73 Å². The number of nitrogens with zero attached hydrogens (tertiary/aromatic N) is 1. The average Bonchev–Trinajstić information content (AvgIpc) is 2.76. The van der Waals surface area contributed by atoms with Crippen LogP contribution >= 0.6 is 0 Å². The van der Waals surface area contributed by atoms with E-state index in [4.69, 9.17) is 5.73 Å². The minimum absolute atomic E-state index is 0.155. The summed E-state index contributed by atoms with van der Waals surface area (Å²) >= 11 is 0. The Labute approximate surface area is 110 Å². The highest BCUT2D eigenvalue weighted by Crippen LogP contribution is 2.27. The summed E-state index contributed by atoms with van der Waals surface area (Å²) in [6.07, 6.45) is 5.20. The van der Waals surface area contributed by atoms with Crippen LogP contribution in [0.25, 0.3) is 0 Å². The summed E-state index contributed by atoms with van der Waals surface area (Å²) in [6, 6.07) is 0.155. The van der Waals surface area contributed by atoms with Gasteiger partial charge in [-0.1, -0.05) is 12.8 Å². The molecule has 0 heterocycles. The van der Waals surface area contributed by atoms with E-state index < -0.39 is 14.6 Å². The fourth-order valence-electron chi connectivity index (χ4n) is 2.31. The molecular formula is C12H24N2O3S. The van der Waals surface area contributed by atoms with Crippen LogP contribution in [0.15, 0.2) is 0 Å². The molecule has 1 aliphatic rings. The first-order valence-corrected chi connectivity index (χ1v) is 8.31. The van der Waals surface area contributed by atoms with Crippen molar-refractivity contribution in [3.63, 3.8) is 0 Å². The van der Waals surface area contributed by atoms with Gasteiger partial charge in [-0.25, -0.2) is 8.42 Å². The molecule has 1 amide bonds. The topological polar surface area (TPSA) is 80.5 Å². The first-order chi connectivity index (χ1) is 8.21. The summed E-state index contributed by atoms with van der Waals surface area (Å²) in [7, 11) is -3.43. The number of hydrogen-bond acceptors (Lipinski definition) is 4.